The number of carboxylic acid groups (broad SMARTS) is 1. The normalized spacial score (nSPS) is 13.7. The number of hydrogen-bond donors (Lipinski definition) is 2. The van der Waals surface area contributed by atoms with E-state index in [4.69, 9.17) is 5.11 Å². The highest BCUT2D eigenvalue weighted by Gasteiger charge is 2.14. The number of rotatable bonds is 16. The van der Waals surface area contributed by atoms with Gasteiger partial charge in [0.2, 0.25) is 0 Å². The van der Waals surface area contributed by atoms with Crippen LogP contribution in [0.4, 0.5) is 0 Å². The monoisotopic (exact) mass is 328 g/mol. The van der Waals surface area contributed by atoms with Crippen LogP contribution in [0.5, 0.6) is 0 Å². The van der Waals surface area contributed by atoms with Gasteiger partial charge in [-0.1, -0.05) is 51.9 Å². The van der Waals surface area contributed by atoms with Crippen molar-refractivity contribution in [1.29, 1.82) is 0 Å². The van der Waals surface area contributed by atoms with E-state index in [9.17, 15) is 14.7 Å². The summed E-state index contributed by atoms with van der Waals surface area (Å²) in [5, 5.41) is 18.4. The molecule has 0 aliphatic carbocycles. The highest BCUT2D eigenvalue weighted by Crippen LogP contribution is 2.20. The number of carbonyl (C=O) groups is 2. The van der Waals surface area contributed by atoms with Crippen LogP contribution in [0.15, 0.2) is 0 Å². The summed E-state index contributed by atoms with van der Waals surface area (Å²) in [5.74, 6) is -0.322. The van der Waals surface area contributed by atoms with E-state index in [0.717, 1.165) is 77.0 Å². The van der Waals surface area contributed by atoms with E-state index in [1.54, 1.807) is 6.92 Å². The van der Waals surface area contributed by atoms with Crippen LogP contribution in [0, 0.1) is 5.92 Å². The van der Waals surface area contributed by atoms with Crippen molar-refractivity contribution in [2.24, 2.45) is 5.92 Å². The predicted molar refractivity (Wildman–Crippen MR) is 93.5 cm³/mol. The zero-order valence-corrected chi connectivity index (χ0v) is 15.1. The van der Waals surface area contributed by atoms with Crippen LogP contribution in [0.1, 0.15) is 97.3 Å². The lowest BCUT2D eigenvalue weighted by Gasteiger charge is -2.14. The SMILES string of the molecule is CCCC[C@H](O)CCCC[C@H](CCCCCCC(=O)O)C(C)=O. The Kier molecular flexibility index (Phi) is 14.1. The third-order valence-corrected chi connectivity index (χ3v) is 4.50. The van der Waals surface area contributed by atoms with Crippen LogP contribution in [0.3, 0.4) is 0 Å². The molecule has 0 rings (SSSR count). The summed E-state index contributed by atoms with van der Waals surface area (Å²) >= 11 is 0. The Morgan fingerprint density at radius 2 is 1.35 bits per heavy atom. The van der Waals surface area contributed by atoms with Crippen molar-refractivity contribution >= 4 is 11.8 Å². The van der Waals surface area contributed by atoms with E-state index in [-0.39, 0.29) is 24.2 Å². The molecule has 0 amide bonds. The Morgan fingerprint density at radius 1 is 0.826 bits per heavy atom. The molecule has 4 heteroatoms. The number of aliphatic hydroxyl groups is 1. The molecular weight excluding hydrogens is 292 g/mol. The summed E-state index contributed by atoms with van der Waals surface area (Å²) in [4.78, 5) is 22.1. The molecule has 0 fully saturated rings. The van der Waals surface area contributed by atoms with Crippen molar-refractivity contribution in [3.8, 4) is 0 Å². The van der Waals surface area contributed by atoms with Crippen molar-refractivity contribution in [1.82, 2.24) is 0 Å². The number of Topliss-reactive ketones (excluding diaryl/α,β-unsaturated/α-hetero) is 1. The van der Waals surface area contributed by atoms with E-state index in [0.29, 0.717) is 0 Å². The minimum Gasteiger partial charge on any atom is -0.481 e. The van der Waals surface area contributed by atoms with Crippen molar-refractivity contribution in [2.45, 2.75) is 103 Å². The summed E-state index contributed by atoms with van der Waals surface area (Å²) < 4.78 is 0. The van der Waals surface area contributed by atoms with Gasteiger partial charge < -0.3 is 10.2 Å². The molecule has 2 N–H and O–H groups in total. The third-order valence-electron chi connectivity index (χ3n) is 4.50. The molecule has 23 heavy (non-hydrogen) atoms. The average molecular weight is 328 g/mol. The van der Waals surface area contributed by atoms with E-state index in [2.05, 4.69) is 6.92 Å². The lowest BCUT2D eigenvalue weighted by molar-refractivity contribution is -0.137. The van der Waals surface area contributed by atoms with Gasteiger partial charge in [-0.25, -0.2) is 0 Å². The van der Waals surface area contributed by atoms with Gasteiger partial charge in [-0.3, -0.25) is 9.59 Å². The van der Waals surface area contributed by atoms with E-state index in [1.807, 2.05) is 0 Å². The van der Waals surface area contributed by atoms with Crippen LogP contribution in [0.25, 0.3) is 0 Å². The number of carbonyl (C=O) groups excluding carboxylic acids is 1. The van der Waals surface area contributed by atoms with Crippen molar-refractivity contribution < 1.29 is 19.8 Å². The highest BCUT2D eigenvalue weighted by molar-refractivity contribution is 5.78. The van der Waals surface area contributed by atoms with Crippen LogP contribution in [0.2, 0.25) is 0 Å². The number of aliphatic carboxylic acids is 1. The number of aliphatic hydroxyl groups excluding tert-OH is 1. The van der Waals surface area contributed by atoms with Crippen LogP contribution < -0.4 is 0 Å². The fraction of sp³-hybridized carbons (Fsp3) is 0.895. The van der Waals surface area contributed by atoms with Gasteiger partial charge >= 0.3 is 5.97 Å². The van der Waals surface area contributed by atoms with Gasteiger partial charge in [0.15, 0.2) is 0 Å². The summed E-state index contributed by atoms with van der Waals surface area (Å²) in [7, 11) is 0. The lowest BCUT2D eigenvalue weighted by atomic mass is 9.91. The summed E-state index contributed by atoms with van der Waals surface area (Å²) in [6.07, 6.45) is 11.5. The Morgan fingerprint density at radius 3 is 1.91 bits per heavy atom. The largest absolute Gasteiger partial charge is 0.481 e. The first-order chi connectivity index (χ1) is 11.0. The molecule has 0 radical (unpaired) electrons. The van der Waals surface area contributed by atoms with Gasteiger partial charge in [0, 0.05) is 12.3 Å². The average Bonchev–Trinajstić information content (AvgIpc) is 2.49. The fourth-order valence-electron chi connectivity index (χ4n) is 2.93. The smallest absolute Gasteiger partial charge is 0.303 e. The maximum Gasteiger partial charge on any atom is 0.303 e. The van der Waals surface area contributed by atoms with Crippen molar-refractivity contribution in [3.05, 3.63) is 0 Å². The molecule has 0 aromatic heterocycles. The fourth-order valence-corrected chi connectivity index (χ4v) is 2.93. The number of carboxylic acids is 1. The standard InChI is InChI=1S/C19H36O4/c1-3-4-13-18(21)14-10-9-12-17(16(2)20)11-7-5-6-8-15-19(22)23/h17-18,21H,3-15H2,1-2H3,(H,22,23)/t17-,18-/m0/s1. The molecular formula is C19H36O4. The van der Waals surface area contributed by atoms with Gasteiger partial charge in [0.25, 0.3) is 0 Å². The Labute approximate surface area is 141 Å². The third kappa shape index (κ3) is 14.4. The maximum atomic E-state index is 11.7. The van der Waals surface area contributed by atoms with Gasteiger partial charge in [-0.05, 0) is 39.0 Å². The lowest BCUT2D eigenvalue weighted by Crippen LogP contribution is -2.12. The number of unbranched alkanes of at least 4 members (excludes halogenated alkanes) is 5. The minimum absolute atomic E-state index is 0.141. The van der Waals surface area contributed by atoms with E-state index in [1.165, 1.54) is 0 Å². The van der Waals surface area contributed by atoms with Gasteiger partial charge in [-0.2, -0.15) is 0 Å². The van der Waals surface area contributed by atoms with Crippen LogP contribution in [-0.2, 0) is 9.59 Å². The predicted octanol–water partition coefficient (Wildman–Crippen LogP) is 4.73. The molecule has 4 nitrogen and oxygen atoms in total. The number of ketones is 1. The molecule has 2 atom stereocenters. The van der Waals surface area contributed by atoms with Gasteiger partial charge in [-0.15, -0.1) is 0 Å². The summed E-state index contributed by atoms with van der Waals surface area (Å²) in [6.45, 7) is 3.80. The second-order valence-corrected chi connectivity index (χ2v) is 6.73. The quantitative estimate of drug-likeness (QED) is 0.402. The Balaban J connectivity index is 3.70. The Hall–Kier alpha value is -0.900. The maximum absolute atomic E-state index is 11.7. The highest BCUT2D eigenvalue weighted by atomic mass is 16.4. The molecule has 0 saturated heterocycles. The zero-order valence-electron chi connectivity index (χ0n) is 15.1. The molecule has 0 unspecified atom stereocenters. The van der Waals surface area contributed by atoms with Crippen molar-refractivity contribution in [2.75, 3.05) is 0 Å². The molecule has 0 aromatic rings. The van der Waals surface area contributed by atoms with E-state index < -0.39 is 5.97 Å². The first kappa shape index (κ1) is 22.1. The first-order valence-electron chi connectivity index (χ1n) is 9.37. The second-order valence-electron chi connectivity index (χ2n) is 6.73. The summed E-state index contributed by atoms with van der Waals surface area (Å²) in [6, 6.07) is 0. The molecule has 0 saturated carbocycles. The molecule has 0 spiro atoms. The molecule has 0 aromatic carbocycles. The zero-order chi connectivity index (χ0) is 17.5. The molecule has 0 aliphatic rings. The molecule has 136 valence electrons. The van der Waals surface area contributed by atoms with Crippen LogP contribution >= 0.6 is 0 Å². The molecule has 0 aliphatic heterocycles. The van der Waals surface area contributed by atoms with Gasteiger partial charge in [0.1, 0.15) is 5.78 Å². The Bertz CT molecular complexity index is 314. The molecule has 0 heterocycles. The number of hydrogen-bond acceptors (Lipinski definition) is 3. The minimum atomic E-state index is -0.729. The summed E-state index contributed by atoms with van der Waals surface area (Å²) in [5.41, 5.74) is 0. The topological polar surface area (TPSA) is 74.6 Å². The first-order valence-corrected chi connectivity index (χ1v) is 9.37. The second kappa shape index (κ2) is 14.7. The van der Waals surface area contributed by atoms with E-state index >= 15 is 0 Å². The van der Waals surface area contributed by atoms with Crippen LogP contribution in [-0.4, -0.2) is 28.1 Å². The molecule has 0 bridgehead atoms. The van der Waals surface area contributed by atoms with Crippen molar-refractivity contribution in [3.63, 3.8) is 0 Å². The van der Waals surface area contributed by atoms with Gasteiger partial charge in [0.05, 0.1) is 6.10 Å².